The first-order valence-corrected chi connectivity index (χ1v) is 13.4. The molecule has 6 nitrogen and oxygen atoms in total. The second-order valence-electron chi connectivity index (χ2n) is 9.09. The highest BCUT2D eigenvalue weighted by atomic mass is 32.2. The molecule has 0 atom stereocenters. The zero-order valence-corrected chi connectivity index (χ0v) is 20.1. The van der Waals surface area contributed by atoms with Gasteiger partial charge in [0.25, 0.3) is 5.91 Å². The molecule has 2 fully saturated rings. The first-order chi connectivity index (χ1) is 16.9. The average Bonchev–Trinajstić information content (AvgIpc) is 3.69. The van der Waals surface area contributed by atoms with E-state index in [0.29, 0.717) is 26.2 Å². The maximum Gasteiger partial charge on any atom is 0.253 e. The summed E-state index contributed by atoms with van der Waals surface area (Å²) in [5.74, 6) is -1.14. The van der Waals surface area contributed by atoms with Crippen LogP contribution in [0.15, 0.2) is 83.8 Å². The minimum Gasteiger partial charge on any atom is -0.336 e. The summed E-state index contributed by atoms with van der Waals surface area (Å²) in [5.41, 5.74) is 2.56. The lowest BCUT2D eigenvalue weighted by atomic mass is 9.96. The fourth-order valence-corrected chi connectivity index (χ4v) is 5.99. The van der Waals surface area contributed by atoms with Gasteiger partial charge in [0.2, 0.25) is 10.0 Å². The monoisotopic (exact) mass is 493 g/mol. The van der Waals surface area contributed by atoms with Crippen molar-refractivity contribution in [2.45, 2.75) is 29.8 Å². The third kappa shape index (κ3) is 5.29. The third-order valence-electron chi connectivity index (χ3n) is 6.56. The zero-order valence-electron chi connectivity index (χ0n) is 19.3. The van der Waals surface area contributed by atoms with Crippen molar-refractivity contribution in [1.82, 2.24) is 14.5 Å². The molecule has 35 heavy (non-hydrogen) atoms. The van der Waals surface area contributed by atoms with Crippen LogP contribution in [0, 0.1) is 5.82 Å². The molecule has 1 aliphatic carbocycles. The molecule has 0 unspecified atom stereocenters. The number of benzene rings is 3. The number of piperazine rings is 1. The fourth-order valence-electron chi connectivity index (χ4n) is 4.58. The molecule has 1 aliphatic heterocycles. The Bertz CT molecular complexity index is 1250. The second-order valence-corrected chi connectivity index (χ2v) is 10.8. The van der Waals surface area contributed by atoms with Gasteiger partial charge in [-0.3, -0.25) is 9.69 Å². The quantitative estimate of drug-likeness (QED) is 0.544. The normalized spacial score (nSPS) is 17.0. The number of nitrogens with one attached hydrogen (secondary N) is 1. The van der Waals surface area contributed by atoms with Gasteiger partial charge in [-0.05, 0) is 42.2 Å². The van der Waals surface area contributed by atoms with Gasteiger partial charge >= 0.3 is 0 Å². The van der Waals surface area contributed by atoms with E-state index in [1.807, 2.05) is 36.4 Å². The molecule has 182 valence electrons. The Morgan fingerprint density at radius 2 is 1.43 bits per heavy atom. The van der Waals surface area contributed by atoms with Crippen molar-refractivity contribution < 1.29 is 17.6 Å². The molecule has 5 rings (SSSR count). The highest BCUT2D eigenvalue weighted by Gasteiger charge is 2.32. The van der Waals surface area contributed by atoms with Gasteiger partial charge < -0.3 is 4.90 Å². The summed E-state index contributed by atoms with van der Waals surface area (Å²) >= 11 is 0. The molecule has 1 saturated heterocycles. The lowest BCUT2D eigenvalue weighted by Crippen LogP contribution is -2.49. The van der Waals surface area contributed by atoms with E-state index in [2.05, 4.69) is 33.9 Å². The van der Waals surface area contributed by atoms with Gasteiger partial charge in [0.1, 0.15) is 10.7 Å². The molecule has 3 aromatic carbocycles. The van der Waals surface area contributed by atoms with Gasteiger partial charge in [0.05, 0.1) is 6.04 Å². The van der Waals surface area contributed by atoms with Crippen LogP contribution >= 0.6 is 0 Å². The number of hydrogen-bond donors (Lipinski definition) is 1. The molecule has 0 radical (unpaired) electrons. The van der Waals surface area contributed by atoms with Crippen LogP contribution in [0.1, 0.15) is 40.4 Å². The van der Waals surface area contributed by atoms with Gasteiger partial charge in [-0.2, -0.15) is 0 Å². The van der Waals surface area contributed by atoms with Crippen LogP contribution in [0.25, 0.3) is 0 Å². The van der Waals surface area contributed by atoms with Crippen LogP contribution in [0.5, 0.6) is 0 Å². The molecule has 1 amide bonds. The van der Waals surface area contributed by atoms with Crippen LogP contribution in [0.2, 0.25) is 0 Å². The lowest BCUT2D eigenvalue weighted by Gasteiger charge is -2.39. The van der Waals surface area contributed by atoms with Crippen LogP contribution < -0.4 is 4.72 Å². The summed E-state index contributed by atoms with van der Waals surface area (Å²) in [5, 5.41) is 0. The summed E-state index contributed by atoms with van der Waals surface area (Å²) in [7, 11) is -4.00. The fraction of sp³-hybridized carbons (Fsp3) is 0.296. The van der Waals surface area contributed by atoms with Crippen LogP contribution in [0.4, 0.5) is 4.39 Å². The van der Waals surface area contributed by atoms with Crippen molar-refractivity contribution in [3.8, 4) is 0 Å². The Balaban J connectivity index is 1.32. The molecular formula is C27H28FN3O3S. The Morgan fingerprint density at radius 3 is 1.97 bits per heavy atom. The van der Waals surface area contributed by atoms with E-state index in [9.17, 15) is 17.6 Å². The van der Waals surface area contributed by atoms with E-state index in [4.69, 9.17) is 0 Å². The number of carbonyl (C=O) groups excluding carboxylic acids is 1. The van der Waals surface area contributed by atoms with Gasteiger partial charge in [0.15, 0.2) is 0 Å². The number of rotatable bonds is 7. The first-order valence-electron chi connectivity index (χ1n) is 11.9. The van der Waals surface area contributed by atoms with Crippen molar-refractivity contribution in [3.63, 3.8) is 0 Å². The number of sulfonamides is 1. The highest BCUT2D eigenvalue weighted by molar-refractivity contribution is 7.89. The van der Waals surface area contributed by atoms with E-state index >= 15 is 0 Å². The Labute approximate surface area is 205 Å². The van der Waals surface area contributed by atoms with Crippen molar-refractivity contribution in [1.29, 1.82) is 0 Å². The van der Waals surface area contributed by atoms with Crippen LogP contribution in [-0.2, 0) is 10.0 Å². The molecule has 3 aromatic rings. The van der Waals surface area contributed by atoms with Crippen LogP contribution in [0.3, 0.4) is 0 Å². The van der Waals surface area contributed by atoms with Gasteiger partial charge in [-0.1, -0.05) is 60.7 Å². The van der Waals surface area contributed by atoms with E-state index in [1.54, 1.807) is 4.90 Å². The van der Waals surface area contributed by atoms with Gasteiger partial charge in [0, 0.05) is 37.8 Å². The van der Waals surface area contributed by atoms with Gasteiger partial charge in [-0.15, -0.1) is 0 Å². The van der Waals surface area contributed by atoms with Crippen molar-refractivity contribution >= 4 is 15.9 Å². The number of halogens is 1. The maximum absolute atomic E-state index is 14.4. The van der Waals surface area contributed by atoms with Crippen molar-refractivity contribution in [2.24, 2.45) is 0 Å². The standard InChI is InChI=1S/C27H28FN3O3S/c28-24-14-11-22(19-25(24)35(33,34)29-23-12-13-23)27(32)31-17-15-30(16-18-31)26(20-7-3-1-4-8-20)21-9-5-2-6-10-21/h1-11,14,19,23,26,29H,12-13,15-18H2. The summed E-state index contributed by atoms with van der Waals surface area (Å²) in [6, 6.07) is 24.1. The summed E-state index contributed by atoms with van der Waals surface area (Å²) in [4.78, 5) is 16.8. The Kier molecular flexibility index (Phi) is 6.69. The molecule has 2 aliphatic rings. The van der Waals surface area contributed by atoms with Crippen molar-refractivity contribution in [3.05, 3.63) is 101 Å². The van der Waals surface area contributed by atoms with Crippen molar-refractivity contribution in [2.75, 3.05) is 26.2 Å². The summed E-state index contributed by atoms with van der Waals surface area (Å²) < 4.78 is 42.0. The molecule has 1 N–H and O–H groups in total. The number of nitrogens with zero attached hydrogens (tertiary/aromatic N) is 2. The Hall–Kier alpha value is -3.07. The highest BCUT2D eigenvalue weighted by Crippen LogP contribution is 2.30. The third-order valence-corrected chi connectivity index (χ3v) is 8.10. The smallest absolute Gasteiger partial charge is 0.253 e. The molecule has 1 heterocycles. The van der Waals surface area contributed by atoms with E-state index in [1.165, 1.54) is 17.2 Å². The number of hydrogen-bond acceptors (Lipinski definition) is 4. The lowest BCUT2D eigenvalue weighted by molar-refractivity contribution is 0.0597. The van der Waals surface area contributed by atoms with Crippen LogP contribution in [-0.4, -0.2) is 56.3 Å². The first kappa shape index (κ1) is 23.7. The molecule has 0 bridgehead atoms. The number of amides is 1. The molecule has 1 saturated carbocycles. The minimum atomic E-state index is -4.00. The maximum atomic E-state index is 14.4. The van der Waals surface area contributed by atoms with E-state index in [-0.39, 0.29) is 23.6 Å². The van der Waals surface area contributed by atoms with E-state index in [0.717, 1.165) is 25.0 Å². The number of carbonyl (C=O) groups is 1. The molecular weight excluding hydrogens is 465 g/mol. The zero-order chi connectivity index (χ0) is 24.4. The van der Waals surface area contributed by atoms with E-state index < -0.39 is 20.7 Å². The predicted molar refractivity (Wildman–Crippen MR) is 132 cm³/mol. The minimum absolute atomic E-state index is 0.0747. The molecule has 8 heteroatoms. The SMILES string of the molecule is O=C(c1ccc(F)c(S(=O)(=O)NC2CC2)c1)N1CCN(C(c2ccccc2)c2ccccc2)CC1. The predicted octanol–water partition coefficient (Wildman–Crippen LogP) is 3.81. The molecule has 0 aromatic heterocycles. The molecule has 0 spiro atoms. The largest absolute Gasteiger partial charge is 0.336 e. The Morgan fingerprint density at radius 1 is 0.857 bits per heavy atom. The summed E-state index contributed by atoms with van der Waals surface area (Å²) in [6.07, 6.45) is 1.49. The van der Waals surface area contributed by atoms with Gasteiger partial charge in [-0.25, -0.2) is 17.5 Å². The topological polar surface area (TPSA) is 69.7 Å². The average molecular weight is 494 g/mol. The second kappa shape index (κ2) is 9.89. The summed E-state index contributed by atoms with van der Waals surface area (Å²) in [6.45, 7) is 2.31.